The average Bonchev–Trinajstić information content (AvgIpc) is 3.20. The summed E-state index contributed by atoms with van der Waals surface area (Å²) in [5.74, 6) is -0.524. The van der Waals surface area contributed by atoms with E-state index in [9.17, 15) is 19.8 Å². The fourth-order valence-electron chi connectivity index (χ4n) is 6.94. The molecule has 0 aromatic heterocycles. The molecule has 6 heteroatoms. The largest absolute Gasteiger partial charge is 0.462 e. The van der Waals surface area contributed by atoms with Gasteiger partial charge in [0.05, 0.1) is 25.2 Å². The van der Waals surface area contributed by atoms with Crippen molar-refractivity contribution in [2.75, 3.05) is 6.61 Å². The third-order valence-electron chi connectivity index (χ3n) is 10.6. The molecule has 0 spiro atoms. The van der Waals surface area contributed by atoms with E-state index in [2.05, 4.69) is 86.8 Å². The van der Waals surface area contributed by atoms with Gasteiger partial charge >= 0.3 is 5.97 Å². The third-order valence-corrected chi connectivity index (χ3v) is 10.6. The maximum absolute atomic E-state index is 13.1. The van der Waals surface area contributed by atoms with Gasteiger partial charge in [-0.05, 0) is 89.9 Å². The van der Waals surface area contributed by atoms with Crippen LogP contribution >= 0.6 is 0 Å². The second-order valence-electron chi connectivity index (χ2n) is 16.1. The summed E-state index contributed by atoms with van der Waals surface area (Å²) < 4.78 is 5.89. The van der Waals surface area contributed by atoms with Crippen LogP contribution in [-0.2, 0) is 14.3 Å². The zero-order valence-corrected chi connectivity index (χ0v) is 37.5. The van der Waals surface area contributed by atoms with Crippen LogP contribution in [0.5, 0.6) is 0 Å². The molecular weight excluding hydrogens is 707 g/mol. The number of hydrogen-bond donors (Lipinski definition) is 3. The first-order chi connectivity index (χ1) is 28.0. The molecule has 0 fully saturated rings. The van der Waals surface area contributed by atoms with Crippen molar-refractivity contribution in [2.24, 2.45) is 0 Å². The van der Waals surface area contributed by atoms with E-state index in [0.29, 0.717) is 19.3 Å². The number of ether oxygens (including phenoxy) is 1. The molecule has 0 aliphatic heterocycles. The zero-order valence-electron chi connectivity index (χ0n) is 37.5. The first-order valence-electron chi connectivity index (χ1n) is 24.0. The number of carbonyl (C=O) groups is 2. The van der Waals surface area contributed by atoms with Gasteiger partial charge in [0, 0.05) is 6.42 Å². The molecule has 0 radical (unpaired) electrons. The molecule has 6 nitrogen and oxygen atoms in total. The Bertz CT molecular complexity index is 1030. The number of aliphatic hydroxyl groups is 2. The van der Waals surface area contributed by atoms with Crippen LogP contribution < -0.4 is 5.32 Å². The Kier molecular flexibility index (Phi) is 42.7. The highest BCUT2D eigenvalue weighted by molar-refractivity contribution is 5.77. The van der Waals surface area contributed by atoms with E-state index in [4.69, 9.17) is 4.74 Å². The molecular formula is C51H91NO5. The summed E-state index contributed by atoms with van der Waals surface area (Å²) in [4.78, 5) is 26.0. The van der Waals surface area contributed by atoms with Crippen LogP contribution in [0.3, 0.4) is 0 Å². The highest BCUT2D eigenvalue weighted by atomic mass is 16.5. The van der Waals surface area contributed by atoms with Crippen molar-refractivity contribution in [3.8, 4) is 0 Å². The SMILES string of the molecule is CC/C=C/C/C=C/CCCCCCCCCC(=O)OC(CCCC/C=C\C/C=C\C/C=C\CCCCC)CC(=O)NC(CO)C(O)CCCCCCCCCCC. The van der Waals surface area contributed by atoms with Gasteiger partial charge in [-0.15, -0.1) is 0 Å². The number of aliphatic hydroxyl groups excluding tert-OH is 2. The van der Waals surface area contributed by atoms with Gasteiger partial charge in [0.2, 0.25) is 5.91 Å². The Morgan fingerprint density at radius 2 is 0.947 bits per heavy atom. The van der Waals surface area contributed by atoms with E-state index < -0.39 is 18.2 Å². The minimum absolute atomic E-state index is 0.0469. The molecule has 57 heavy (non-hydrogen) atoms. The topological polar surface area (TPSA) is 95.9 Å². The summed E-state index contributed by atoms with van der Waals surface area (Å²) in [6.45, 7) is 6.31. The summed E-state index contributed by atoms with van der Waals surface area (Å²) in [6, 6.07) is -0.715. The zero-order chi connectivity index (χ0) is 41.7. The van der Waals surface area contributed by atoms with Crippen LogP contribution in [0.2, 0.25) is 0 Å². The fourth-order valence-corrected chi connectivity index (χ4v) is 6.94. The highest BCUT2D eigenvalue weighted by Gasteiger charge is 2.24. The van der Waals surface area contributed by atoms with E-state index >= 15 is 0 Å². The first-order valence-corrected chi connectivity index (χ1v) is 24.0. The molecule has 0 aliphatic rings. The van der Waals surface area contributed by atoms with Gasteiger partial charge in [-0.1, -0.05) is 184 Å². The molecule has 330 valence electrons. The van der Waals surface area contributed by atoms with E-state index in [0.717, 1.165) is 89.9 Å². The number of nitrogens with one attached hydrogen (secondary N) is 1. The summed E-state index contributed by atoms with van der Waals surface area (Å²) in [7, 11) is 0. The molecule has 0 aromatic rings. The van der Waals surface area contributed by atoms with E-state index in [1.807, 2.05) is 0 Å². The number of rotatable bonds is 42. The second-order valence-corrected chi connectivity index (χ2v) is 16.1. The molecule has 0 aromatic carbocycles. The number of unbranched alkanes of at least 4 members (excludes halogenated alkanes) is 20. The lowest BCUT2D eigenvalue weighted by atomic mass is 10.0. The van der Waals surface area contributed by atoms with Gasteiger partial charge in [-0.2, -0.15) is 0 Å². The van der Waals surface area contributed by atoms with Crippen molar-refractivity contribution in [1.29, 1.82) is 0 Å². The molecule has 0 heterocycles. The van der Waals surface area contributed by atoms with Crippen LogP contribution in [0.4, 0.5) is 0 Å². The fraction of sp³-hybridized carbons (Fsp3) is 0.765. The molecule has 1 amide bonds. The predicted octanol–water partition coefficient (Wildman–Crippen LogP) is 14.1. The summed E-state index contributed by atoms with van der Waals surface area (Å²) in [6.07, 6.45) is 54.2. The Labute approximate surface area is 352 Å². The van der Waals surface area contributed by atoms with Gasteiger partial charge < -0.3 is 20.3 Å². The van der Waals surface area contributed by atoms with Crippen LogP contribution in [0.15, 0.2) is 60.8 Å². The first kappa shape index (κ1) is 54.6. The number of hydrogen-bond acceptors (Lipinski definition) is 5. The Hall–Kier alpha value is -2.44. The van der Waals surface area contributed by atoms with Gasteiger partial charge in [-0.3, -0.25) is 9.59 Å². The van der Waals surface area contributed by atoms with Gasteiger partial charge in [0.25, 0.3) is 0 Å². The maximum Gasteiger partial charge on any atom is 0.306 e. The van der Waals surface area contributed by atoms with Crippen molar-refractivity contribution in [1.82, 2.24) is 5.32 Å². The Balaban J connectivity index is 4.69. The molecule has 0 saturated carbocycles. The Morgan fingerprint density at radius 1 is 0.526 bits per heavy atom. The number of amides is 1. The van der Waals surface area contributed by atoms with Crippen molar-refractivity contribution in [3.63, 3.8) is 0 Å². The van der Waals surface area contributed by atoms with Crippen molar-refractivity contribution < 1.29 is 24.5 Å². The molecule has 3 atom stereocenters. The molecule has 0 bridgehead atoms. The molecule has 0 aliphatic carbocycles. The third kappa shape index (κ3) is 40.1. The molecule has 3 unspecified atom stereocenters. The van der Waals surface area contributed by atoms with Crippen LogP contribution in [0.25, 0.3) is 0 Å². The van der Waals surface area contributed by atoms with E-state index in [1.54, 1.807) is 0 Å². The lowest BCUT2D eigenvalue weighted by Gasteiger charge is -2.24. The minimum Gasteiger partial charge on any atom is -0.462 e. The smallest absolute Gasteiger partial charge is 0.306 e. The van der Waals surface area contributed by atoms with E-state index in [1.165, 1.54) is 89.9 Å². The quantitative estimate of drug-likeness (QED) is 0.0325. The average molecular weight is 798 g/mol. The summed E-state index contributed by atoms with van der Waals surface area (Å²) >= 11 is 0. The number of allylic oxidation sites excluding steroid dienone is 10. The second kappa shape index (κ2) is 44.7. The lowest BCUT2D eigenvalue weighted by molar-refractivity contribution is -0.151. The normalized spacial score (nSPS) is 13.8. The predicted molar refractivity (Wildman–Crippen MR) is 245 cm³/mol. The Morgan fingerprint density at radius 3 is 1.49 bits per heavy atom. The van der Waals surface area contributed by atoms with Gasteiger partial charge in [0.1, 0.15) is 6.10 Å². The summed E-state index contributed by atoms with van der Waals surface area (Å²) in [5.41, 5.74) is 0. The standard InChI is InChI=1S/C51H91NO5/c1-4-7-10-13-16-19-21-23-25-26-28-31-33-36-39-42-47(57-51(56)44-41-38-35-32-29-27-24-22-20-17-14-11-8-5-2)45-50(55)52-48(46-53)49(54)43-40-37-34-30-18-15-12-9-6-3/h8,11,16-17,19-20,23,25,28,31,47-49,53-54H,4-7,9-10,12-15,18,21-22,24,26-27,29-30,32-46H2,1-3H3,(H,52,55)/b11-8+,19-16-,20-17+,25-23-,31-28-. The van der Waals surface area contributed by atoms with Crippen LogP contribution in [0, 0.1) is 0 Å². The highest BCUT2D eigenvalue weighted by Crippen LogP contribution is 2.17. The van der Waals surface area contributed by atoms with Gasteiger partial charge in [-0.25, -0.2) is 0 Å². The van der Waals surface area contributed by atoms with Crippen molar-refractivity contribution >= 4 is 11.9 Å². The van der Waals surface area contributed by atoms with Crippen LogP contribution in [-0.4, -0.2) is 46.9 Å². The van der Waals surface area contributed by atoms with Gasteiger partial charge in [0.15, 0.2) is 0 Å². The summed E-state index contributed by atoms with van der Waals surface area (Å²) in [5, 5.41) is 23.6. The van der Waals surface area contributed by atoms with Crippen LogP contribution in [0.1, 0.15) is 226 Å². The molecule has 0 rings (SSSR count). The van der Waals surface area contributed by atoms with E-state index in [-0.39, 0.29) is 24.9 Å². The molecule has 0 saturated heterocycles. The number of esters is 1. The maximum atomic E-state index is 13.1. The minimum atomic E-state index is -0.798. The number of carbonyl (C=O) groups excluding carboxylic acids is 2. The monoisotopic (exact) mass is 798 g/mol. The van der Waals surface area contributed by atoms with Crippen molar-refractivity contribution in [3.05, 3.63) is 60.8 Å². The van der Waals surface area contributed by atoms with Crippen molar-refractivity contribution in [2.45, 2.75) is 244 Å². The lowest BCUT2D eigenvalue weighted by Crippen LogP contribution is -2.46. The molecule has 3 N–H and O–H groups in total.